The summed E-state index contributed by atoms with van der Waals surface area (Å²) >= 11 is 0. The molecule has 0 bridgehead atoms. The van der Waals surface area contributed by atoms with Gasteiger partial charge in [-0.05, 0) is 26.7 Å². The van der Waals surface area contributed by atoms with Gasteiger partial charge in [-0.1, -0.05) is 0 Å². The lowest BCUT2D eigenvalue weighted by Gasteiger charge is -2.27. The highest BCUT2D eigenvalue weighted by molar-refractivity contribution is 5.94. The smallest absolute Gasteiger partial charge is 0.326 e. The monoisotopic (exact) mass is 477 g/mol. The van der Waals surface area contributed by atoms with Gasteiger partial charge in [0.25, 0.3) is 0 Å². The minimum absolute atomic E-state index is 0.240. The van der Waals surface area contributed by atoms with E-state index in [4.69, 9.17) is 16.6 Å². The van der Waals surface area contributed by atoms with E-state index >= 15 is 0 Å². The second-order valence-corrected chi connectivity index (χ2v) is 7.40. The summed E-state index contributed by atoms with van der Waals surface area (Å²) in [7, 11) is 0. The van der Waals surface area contributed by atoms with Crippen LogP contribution in [-0.4, -0.2) is 92.4 Å². The highest BCUT2D eigenvalue weighted by Crippen LogP contribution is 2.04. The first-order valence-corrected chi connectivity index (χ1v) is 9.93. The van der Waals surface area contributed by atoms with E-state index in [0.29, 0.717) is 0 Å². The van der Waals surface area contributed by atoms with Crippen molar-refractivity contribution in [2.45, 2.75) is 75.9 Å². The first-order chi connectivity index (χ1) is 15.2. The van der Waals surface area contributed by atoms with Crippen molar-refractivity contribution in [2.24, 2.45) is 11.5 Å². The van der Waals surface area contributed by atoms with Gasteiger partial charge in [0.2, 0.25) is 23.6 Å². The SMILES string of the molecule is CC(O)C(NC(=O)C(N)CCC(=O)O)C(=O)NC(C(=O)NC(CCC(N)=O)C(=O)O)C(C)O. The molecule has 6 unspecified atom stereocenters. The van der Waals surface area contributed by atoms with E-state index in [2.05, 4.69) is 16.0 Å². The van der Waals surface area contributed by atoms with Crippen LogP contribution in [0.1, 0.15) is 39.5 Å². The zero-order valence-electron chi connectivity index (χ0n) is 18.2. The summed E-state index contributed by atoms with van der Waals surface area (Å²) in [5.74, 6) is -6.62. The van der Waals surface area contributed by atoms with E-state index < -0.39 is 78.4 Å². The molecule has 0 aromatic carbocycles. The minimum atomic E-state index is -1.69. The van der Waals surface area contributed by atoms with E-state index in [9.17, 15) is 44.1 Å². The number of hydrogen-bond donors (Lipinski definition) is 9. The lowest BCUT2D eigenvalue weighted by molar-refractivity contribution is -0.143. The summed E-state index contributed by atoms with van der Waals surface area (Å²) in [6, 6.07) is -6.16. The molecule has 11 N–H and O–H groups in total. The van der Waals surface area contributed by atoms with Gasteiger partial charge >= 0.3 is 11.9 Å². The molecule has 0 aliphatic carbocycles. The second-order valence-electron chi connectivity index (χ2n) is 7.40. The molecule has 0 aliphatic rings. The van der Waals surface area contributed by atoms with Gasteiger partial charge in [-0.15, -0.1) is 0 Å². The van der Waals surface area contributed by atoms with E-state index in [1.165, 1.54) is 0 Å². The third-order valence-electron chi connectivity index (χ3n) is 4.43. The molecule has 0 heterocycles. The number of primary amides is 1. The Morgan fingerprint density at radius 2 is 1.21 bits per heavy atom. The highest BCUT2D eigenvalue weighted by Gasteiger charge is 2.34. The maximum Gasteiger partial charge on any atom is 0.326 e. The average Bonchev–Trinajstić information content (AvgIpc) is 2.69. The molecule has 4 amide bonds. The molecule has 0 rings (SSSR count). The maximum absolute atomic E-state index is 12.6. The molecular weight excluding hydrogens is 446 g/mol. The topological polar surface area (TPSA) is 271 Å². The summed E-state index contributed by atoms with van der Waals surface area (Å²) in [6.45, 7) is 2.27. The Kier molecular flexibility index (Phi) is 12.6. The molecule has 15 nitrogen and oxygen atoms in total. The Morgan fingerprint density at radius 1 is 0.758 bits per heavy atom. The molecular formula is C18H31N5O10. The molecule has 0 radical (unpaired) electrons. The Balaban J connectivity index is 5.32. The maximum atomic E-state index is 12.6. The van der Waals surface area contributed by atoms with Crippen LogP contribution >= 0.6 is 0 Å². The average molecular weight is 477 g/mol. The lowest BCUT2D eigenvalue weighted by atomic mass is 10.1. The first-order valence-electron chi connectivity index (χ1n) is 9.93. The third-order valence-corrected chi connectivity index (χ3v) is 4.43. The van der Waals surface area contributed by atoms with Crippen LogP contribution in [0, 0.1) is 0 Å². The summed E-state index contributed by atoms with van der Waals surface area (Å²) in [5, 5.41) is 43.9. The van der Waals surface area contributed by atoms with Gasteiger partial charge in [-0.25, -0.2) is 4.79 Å². The van der Waals surface area contributed by atoms with Crippen molar-refractivity contribution in [1.29, 1.82) is 0 Å². The molecule has 0 fully saturated rings. The third kappa shape index (κ3) is 11.2. The fourth-order valence-electron chi connectivity index (χ4n) is 2.53. The van der Waals surface area contributed by atoms with Crippen molar-refractivity contribution in [2.75, 3.05) is 0 Å². The number of carbonyl (C=O) groups excluding carboxylic acids is 4. The standard InChI is InChI=1S/C18H31N5O10/c1-7(24)13(16(30)21-10(18(32)33)4-5-11(20)26)23-17(31)14(8(2)25)22-15(29)9(19)3-6-12(27)28/h7-10,13-14,24-25H,3-6,19H2,1-2H3,(H2,20,26)(H,21,30)(H,22,29)(H,23,31)(H,27,28)(H,32,33). The first kappa shape index (κ1) is 29.7. The van der Waals surface area contributed by atoms with E-state index in [1.807, 2.05) is 0 Å². The number of aliphatic hydroxyl groups is 2. The number of nitrogens with one attached hydrogen (secondary N) is 3. The molecule has 0 aromatic heterocycles. The van der Waals surface area contributed by atoms with Gasteiger partial charge in [-0.3, -0.25) is 24.0 Å². The lowest BCUT2D eigenvalue weighted by Crippen LogP contribution is -2.61. The summed E-state index contributed by atoms with van der Waals surface area (Å²) < 4.78 is 0. The summed E-state index contributed by atoms with van der Waals surface area (Å²) in [5.41, 5.74) is 10.5. The number of carboxylic acids is 2. The fraction of sp³-hybridized carbons (Fsp3) is 0.667. The molecule has 0 spiro atoms. The molecule has 0 aliphatic heterocycles. The number of carboxylic acid groups (broad SMARTS) is 2. The second kappa shape index (κ2) is 14.0. The van der Waals surface area contributed by atoms with Gasteiger partial charge < -0.3 is 47.8 Å². The van der Waals surface area contributed by atoms with Crippen LogP contribution < -0.4 is 27.4 Å². The molecule has 0 aromatic rings. The quantitative estimate of drug-likeness (QED) is 0.109. The molecule has 33 heavy (non-hydrogen) atoms. The Hall–Kier alpha value is -3.30. The van der Waals surface area contributed by atoms with Crippen molar-refractivity contribution >= 4 is 35.6 Å². The van der Waals surface area contributed by atoms with E-state index in [1.54, 1.807) is 0 Å². The molecule has 15 heteroatoms. The largest absolute Gasteiger partial charge is 0.481 e. The van der Waals surface area contributed by atoms with E-state index in [0.717, 1.165) is 13.8 Å². The van der Waals surface area contributed by atoms with E-state index in [-0.39, 0.29) is 19.3 Å². The number of aliphatic hydroxyl groups excluding tert-OH is 2. The zero-order valence-corrected chi connectivity index (χ0v) is 18.2. The van der Waals surface area contributed by atoms with Gasteiger partial charge in [0.1, 0.15) is 18.1 Å². The van der Waals surface area contributed by atoms with Crippen molar-refractivity contribution in [3.05, 3.63) is 0 Å². The van der Waals surface area contributed by atoms with Crippen molar-refractivity contribution in [3.63, 3.8) is 0 Å². The Morgan fingerprint density at radius 3 is 1.61 bits per heavy atom. The highest BCUT2D eigenvalue weighted by atomic mass is 16.4. The number of amides is 4. The zero-order chi connectivity index (χ0) is 25.9. The van der Waals surface area contributed by atoms with Crippen molar-refractivity contribution in [1.82, 2.24) is 16.0 Å². The van der Waals surface area contributed by atoms with Crippen molar-refractivity contribution in [3.8, 4) is 0 Å². The van der Waals surface area contributed by atoms with Crippen LogP contribution in [0.2, 0.25) is 0 Å². The minimum Gasteiger partial charge on any atom is -0.481 e. The van der Waals surface area contributed by atoms with Crippen LogP contribution in [0.3, 0.4) is 0 Å². The Bertz CT molecular complexity index is 742. The molecule has 0 saturated carbocycles. The molecule has 6 atom stereocenters. The number of carbonyl (C=O) groups is 6. The molecule has 188 valence electrons. The Labute approximate surface area is 188 Å². The fourth-order valence-corrected chi connectivity index (χ4v) is 2.53. The predicted molar refractivity (Wildman–Crippen MR) is 110 cm³/mol. The number of nitrogens with two attached hydrogens (primary N) is 2. The number of hydrogen-bond acceptors (Lipinski definition) is 9. The van der Waals surface area contributed by atoms with Crippen LogP contribution in [0.5, 0.6) is 0 Å². The van der Waals surface area contributed by atoms with Crippen LogP contribution in [0.25, 0.3) is 0 Å². The number of rotatable bonds is 15. The van der Waals surface area contributed by atoms with Crippen LogP contribution in [0.15, 0.2) is 0 Å². The molecule has 0 saturated heterocycles. The van der Waals surface area contributed by atoms with Gasteiger partial charge in [0, 0.05) is 12.8 Å². The van der Waals surface area contributed by atoms with Gasteiger partial charge in [0.05, 0.1) is 18.2 Å². The van der Waals surface area contributed by atoms with Gasteiger partial charge in [0.15, 0.2) is 0 Å². The summed E-state index contributed by atoms with van der Waals surface area (Å²) in [4.78, 5) is 69.9. The van der Waals surface area contributed by atoms with Crippen molar-refractivity contribution < 1.29 is 49.2 Å². The van der Waals surface area contributed by atoms with Gasteiger partial charge in [-0.2, -0.15) is 0 Å². The van der Waals surface area contributed by atoms with Crippen LogP contribution in [-0.2, 0) is 28.8 Å². The predicted octanol–water partition coefficient (Wildman–Crippen LogP) is -4.26. The number of aliphatic carboxylic acids is 2. The normalized spacial score (nSPS) is 16.3. The van der Waals surface area contributed by atoms with Crippen LogP contribution in [0.4, 0.5) is 0 Å². The summed E-state index contributed by atoms with van der Waals surface area (Å²) in [6.07, 6.45) is -4.34.